The summed E-state index contributed by atoms with van der Waals surface area (Å²) in [5.74, 6) is -0.359. The fourth-order valence-electron chi connectivity index (χ4n) is 2.84. The predicted molar refractivity (Wildman–Crippen MR) is 118 cm³/mol. The molecule has 0 spiro atoms. The molecule has 3 aromatic carbocycles. The van der Waals surface area contributed by atoms with Gasteiger partial charge in [0.1, 0.15) is 5.75 Å². The van der Waals surface area contributed by atoms with Crippen LogP contribution in [0.25, 0.3) is 10.8 Å². The van der Waals surface area contributed by atoms with Gasteiger partial charge in [-0.15, -0.1) is 0 Å². The molecule has 0 saturated heterocycles. The van der Waals surface area contributed by atoms with Crippen LogP contribution in [-0.4, -0.2) is 23.1 Å². The molecule has 0 aliphatic carbocycles. The highest BCUT2D eigenvalue weighted by Crippen LogP contribution is 2.25. The summed E-state index contributed by atoms with van der Waals surface area (Å²) in [7, 11) is 0. The number of hydrazone groups is 1. The monoisotopic (exact) mass is 453 g/mol. The predicted octanol–water partition coefficient (Wildman–Crippen LogP) is 4.57. The molecule has 0 atom stereocenters. The summed E-state index contributed by atoms with van der Waals surface area (Å²) in [4.78, 5) is 23.9. The van der Waals surface area contributed by atoms with Gasteiger partial charge in [-0.1, -0.05) is 52.3 Å². The maximum absolute atomic E-state index is 12.0. The Morgan fingerprint density at radius 1 is 1.00 bits per heavy atom. The number of carbonyl (C=O) groups is 2. The topological polar surface area (TPSA) is 90.8 Å². The number of amides is 2. The van der Waals surface area contributed by atoms with E-state index in [0.29, 0.717) is 17.7 Å². The smallest absolute Gasteiger partial charge is 0.240 e. The van der Waals surface area contributed by atoms with Crippen molar-refractivity contribution in [2.24, 2.45) is 5.10 Å². The van der Waals surface area contributed by atoms with Gasteiger partial charge >= 0.3 is 0 Å². The number of rotatable bonds is 7. The van der Waals surface area contributed by atoms with E-state index in [1.54, 1.807) is 12.1 Å². The molecule has 0 saturated carbocycles. The molecule has 0 aliphatic rings. The Kier molecular flexibility index (Phi) is 6.97. The first-order chi connectivity index (χ1) is 14.0. The maximum Gasteiger partial charge on any atom is 0.240 e. The first-order valence-electron chi connectivity index (χ1n) is 9.11. The van der Waals surface area contributed by atoms with Crippen molar-refractivity contribution in [3.8, 4) is 5.75 Å². The molecule has 2 amide bonds. The van der Waals surface area contributed by atoms with Gasteiger partial charge in [0.25, 0.3) is 0 Å². The molecule has 7 heteroatoms. The average molecular weight is 454 g/mol. The van der Waals surface area contributed by atoms with E-state index in [-0.39, 0.29) is 30.4 Å². The van der Waals surface area contributed by atoms with Gasteiger partial charge in [0, 0.05) is 28.6 Å². The first kappa shape index (κ1) is 20.5. The van der Waals surface area contributed by atoms with Crippen LogP contribution in [0.2, 0.25) is 0 Å². The van der Waals surface area contributed by atoms with Gasteiger partial charge in [-0.25, -0.2) is 5.43 Å². The summed E-state index contributed by atoms with van der Waals surface area (Å²) in [5, 5.41) is 18.6. The molecule has 0 heterocycles. The van der Waals surface area contributed by atoms with Crippen LogP contribution < -0.4 is 10.7 Å². The van der Waals surface area contributed by atoms with Gasteiger partial charge in [0.2, 0.25) is 11.8 Å². The zero-order valence-electron chi connectivity index (χ0n) is 15.6. The third-order valence-corrected chi connectivity index (χ3v) is 4.74. The fraction of sp³-hybridized carbons (Fsp3) is 0.136. The summed E-state index contributed by atoms with van der Waals surface area (Å²) in [6.45, 7) is 0. The minimum Gasteiger partial charge on any atom is -0.507 e. The van der Waals surface area contributed by atoms with Crippen LogP contribution in [0.15, 0.2) is 70.2 Å². The van der Waals surface area contributed by atoms with Gasteiger partial charge < -0.3 is 10.4 Å². The lowest BCUT2D eigenvalue weighted by atomic mass is 10.0. The number of benzene rings is 3. The van der Waals surface area contributed by atoms with Crippen molar-refractivity contribution in [1.82, 2.24) is 5.43 Å². The molecule has 6 nitrogen and oxygen atoms in total. The third-order valence-electron chi connectivity index (χ3n) is 4.25. The number of fused-ring (bicyclic) bond motifs is 1. The van der Waals surface area contributed by atoms with Gasteiger partial charge in [-0.2, -0.15) is 5.10 Å². The number of anilines is 1. The molecule has 0 radical (unpaired) electrons. The SMILES string of the molecule is O=C(CCCC(=O)Nc1cccc(Br)c1)N/N=C\c1c(O)ccc2ccccc12. The van der Waals surface area contributed by atoms with Crippen molar-refractivity contribution in [2.75, 3.05) is 5.32 Å². The molecule has 0 aromatic heterocycles. The number of phenolic OH excluding ortho intramolecular Hbond substituents is 1. The van der Waals surface area contributed by atoms with E-state index in [9.17, 15) is 14.7 Å². The fourth-order valence-corrected chi connectivity index (χ4v) is 3.24. The Bertz CT molecular complexity index is 1070. The van der Waals surface area contributed by atoms with Crippen molar-refractivity contribution < 1.29 is 14.7 Å². The number of carbonyl (C=O) groups excluding carboxylic acids is 2. The number of nitrogens with one attached hydrogen (secondary N) is 2. The van der Waals surface area contributed by atoms with Crippen LogP contribution in [0.4, 0.5) is 5.69 Å². The minimum atomic E-state index is -0.295. The van der Waals surface area contributed by atoms with Crippen LogP contribution in [0, 0.1) is 0 Å². The van der Waals surface area contributed by atoms with Crippen LogP contribution in [0.1, 0.15) is 24.8 Å². The van der Waals surface area contributed by atoms with Gasteiger partial charge in [0.15, 0.2) is 0 Å². The van der Waals surface area contributed by atoms with E-state index in [1.807, 2.05) is 48.5 Å². The minimum absolute atomic E-state index is 0.0888. The number of hydrogen-bond donors (Lipinski definition) is 3. The average Bonchev–Trinajstić information content (AvgIpc) is 2.69. The van der Waals surface area contributed by atoms with Gasteiger partial charge in [-0.3, -0.25) is 9.59 Å². The van der Waals surface area contributed by atoms with E-state index in [0.717, 1.165) is 15.2 Å². The molecule has 3 N–H and O–H groups in total. The van der Waals surface area contributed by atoms with Crippen molar-refractivity contribution in [2.45, 2.75) is 19.3 Å². The molecule has 0 aliphatic heterocycles. The van der Waals surface area contributed by atoms with Crippen LogP contribution in [0.3, 0.4) is 0 Å². The number of hydrogen-bond acceptors (Lipinski definition) is 4. The Morgan fingerprint density at radius 2 is 1.79 bits per heavy atom. The molecule has 0 fully saturated rings. The Balaban J connectivity index is 1.47. The van der Waals surface area contributed by atoms with Gasteiger partial charge in [-0.05, 0) is 41.5 Å². The van der Waals surface area contributed by atoms with Crippen LogP contribution in [-0.2, 0) is 9.59 Å². The molecular weight excluding hydrogens is 434 g/mol. The highest BCUT2D eigenvalue weighted by atomic mass is 79.9. The van der Waals surface area contributed by atoms with E-state index in [2.05, 4.69) is 31.8 Å². The number of nitrogens with zero attached hydrogens (tertiary/aromatic N) is 1. The Hall–Kier alpha value is -3.19. The summed E-state index contributed by atoms with van der Waals surface area (Å²) in [6.07, 6.45) is 2.23. The first-order valence-corrected chi connectivity index (χ1v) is 9.90. The molecule has 3 aromatic rings. The Morgan fingerprint density at radius 3 is 2.62 bits per heavy atom. The van der Waals surface area contributed by atoms with Crippen molar-refractivity contribution in [3.63, 3.8) is 0 Å². The second-order valence-corrected chi connectivity index (χ2v) is 7.34. The van der Waals surface area contributed by atoms with Crippen molar-refractivity contribution in [3.05, 3.63) is 70.7 Å². The number of phenols is 1. The Labute approximate surface area is 176 Å². The molecule has 148 valence electrons. The highest BCUT2D eigenvalue weighted by Gasteiger charge is 2.07. The lowest BCUT2D eigenvalue weighted by Gasteiger charge is -2.06. The van der Waals surface area contributed by atoms with Crippen molar-refractivity contribution in [1.29, 1.82) is 0 Å². The molecule has 3 rings (SSSR count). The zero-order valence-corrected chi connectivity index (χ0v) is 17.1. The molecule has 0 unspecified atom stereocenters. The summed E-state index contributed by atoms with van der Waals surface area (Å²) in [5.41, 5.74) is 3.68. The van der Waals surface area contributed by atoms with E-state index in [1.165, 1.54) is 6.21 Å². The largest absolute Gasteiger partial charge is 0.507 e. The van der Waals surface area contributed by atoms with Crippen molar-refractivity contribution >= 4 is 50.4 Å². The van der Waals surface area contributed by atoms with E-state index < -0.39 is 0 Å². The van der Waals surface area contributed by atoms with Gasteiger partial charge in [0.05, 0.1) is 6.21 Å². The highest BCUT2D eigenvalue weighted by molar-refractivity contribution is 9.10. The molecule has 29 heavy (non-hydrogen) atoms. The second-order valence-electron chi connectivity index (χ2n) is 6.42. The molecule has 0 bridgehead atoms. The normalized spacial score (nSPS) is 10.9. The lowest BCUT2D eigenvalue weighted by Crippen LogP contribution is -2.18. The number of halogens is 1. The third kappa shape index (κ3) is 5.89. The standard InChI is InChI=1S/C22H20BrN3O3/c23-16-6-3-7-17(13-16)25-21(28)9-4-10-22(29)26-24-14-19-18-8-2-1-5-15(18)11-12-20(19)27/h1-3,5-8,11-14,27H,4,9-10H2,(H,25,28)(H,26,29)/b24-14-. The van der Waals surface area contributed by atoms with Crippen LogP contribution >= 0.6 is 15.9 Å². The maximum atomic E-state index is 12.0. The van der Waals surface area contributed by atoms with E-state index in [4.69, 9.17) is 0 Å². The summed E-state index contributed by atoms with van der Waals surface area (Å²) < 4.78 is 0.879. The summed E-state index contributed by atoms with van der Waals surface area (Å²) >= 11 is 3.35. The molecular formula is C22H20BrN3O3. The lowest BCUT2D eigenvalue weighted by molar-refractivity contribution is -0.121. The van der Waals surface area contributed by atoms with Crippen LogP contribution in [0.5, 0.6) is 5.75 Å². The zero-order chi connectivity index (χ0) is 20.6. The number of aromatic hydroxyl groups is 1. The summed E-state index contributed by atoms with van der Waals surface area (Å²) in [6, 6.07) is 18.3. The van der Waals surface area contributed by atoms with E-state index >= 15 is 0 Å². The second kappa shape index (κ2) is 9.84. The quantitative estimate of drug-likeness (QED) is 0.361.